The maximum atomic E-state index is 14.1. The van der Waals surface area contributed by atoms with Gasteiger partial charge in [-0.1, -0.05) is 31.7 Å². The number of alkyl halides is 4. The van der Waals surface area contributed by atoms with Crippen LogP contribution in [-0.4, -0.2) is 26.2 Å². The monoisotopic (exact) mass is 536 g/mol. The molecular formula is C30H40F4N2O2. The number of hydrogen-bond donors (Lipinski definition) is 1. The summed E-state index contributed by atoms with van der Waals surface area (Å²) < 4.78 is 66.2. The summed E-state index contributed by atoms with van der Waals surface area (Å²) in [6.07, 6.45) is -5.04. The van der Waals surface area contributed by atoms with E-state index in [0.717, 1.165) is 49.5 Å². The average Bonchev–Trinajstić information content (AvgIpc) is 3.68. The summed E-state index contributed by atoms with van der Waals surface area (Å²) in [7, 11) is 1.64. The zero-order chi connectivity index (χ0) is 28.2. The van der Waals surface area contributed by atoms with Crippen LogP contribution in [0.5, 0.6) is 5.75 Å². The first-order chi connectivity index (χ1) is 17.9. The van der Waals surface area contributed by atoms with Crippen LogP contribution in [0.1, 0.15) is 93.1 Å². The molecule has 3 atom stereocenters. The number of ether oxygens (including phenoxy) is 2. The fourth-order valence-electron chi connectivity index (χ4n) is 5.22. The van der Waals surface area contributed by atoms with Crippen LogP contribution in [0.25, 0.3) is 0 Å². The van der Waals surface area contributed by atoms with Gasteiger partial charge >= 0.3 is 6.18 Å². The minimum atomic E-state index is -4.82. The first kappa shape index (κ1) is 29.8. The maximum Gasteiger partial charge on any atom is 0.419 e. The largest absolute Gasteiger partial charge is 0.497 e. The highest BCUT2D eigenvalue weighted by Gasteiger charge is 2.45. The first-order valence-corrected chi connectivity index (χ1v) is 13.2. The summed E-state index contributed by atoms with van der Waals surface area (Å²) in [4.78, 5) is 1.75. The molecule has 0 aliphatic heterocycles. The molecule has 210 valence electrons. The second-order valence-corrected chi connectivity index (χ2v) is 10.2. The minimum Gasteiger partial charge on any atom is -0.497 e. The predicted octanol–water partition coefficient (Wildman–Crippen LogP) is 8.71. The fourth-order valence-corrected chi connectivity index (χ4v) is 5.22. The number of aryl methyl sites for hydroxylation is 1. The third kappa shape index (κ3) is 7.01. The predicted molar refractivity (Wildman–Crippen MR) is 145 cm³/mol. The zero-order valence-electron chi connectivity index (χ0n) is 23.0. The van der Waals surface area contributed by atoms with E-state index in [1.807, 2.05) is 12.1 Å². The van der Waals surface area contributed by atoms with Crippen LogP contribution in [0, 0.1) is 6.92 Å². The highest BCUT2D eigenvalue weighted by molar-refractivity contribution is 5.78. The molecule has 0 aromatic heterocycles. The molecule has 2 aromatic rings. The number of nitrogens with two attached hydrogens (primary N) is 1. The van der Waals surface area contributed by atoms with Crippen molar-refractivity contribution >= 4 is 11.4 Å². The van der Waals surface area contributed by atoms with E-state index < -0.39 is 18.6 Å². The quantitative estimate of drug-likeness (QED) is 0.205. The topological polar surface area (TPSA) is 47.7 Å². The Balaban J connectivity index is 1.94. The number of nitrogens with zero attached hydrogens (tertiary/aromatic N) is 1. The molecule has 1 aliphatic rings. The van der Waals surface area contributed by atoms with Crippen LogP contribution >= 0.6 is 0 Å². The normalized spacial score (nSPS) is 16.1. The highest BCUT2D eigenvalue weighted by atomic mass is 19.4. The highest BCUT2D eigenvalue weighted by Crippen LogP contribution is 2.50. The van der Waals surface area contributed by atoms with Gasteiger partial charge in [-0.05, 0) is 93.5 Å². The van der Waals surface area contributed by atoms with Crippen molar-refractivity contribution in [1.82, 2.24) is 0 Å². The van der Waals surface area contributed by atoms with Crippen LogP contribution < -0.4 is 15.4 Å². The van der Waals surface area contributed by atoms with Crippen molar-refractivity contribution < 1.29 is 27.0 Å². The molecule has 3 rings (SSSR count). The number of halogens is 4. The molecule has 3 unspecified atom stereocenters. The molecule has 0 bridgehead atoms. The summed E-state index contributed by atoms with van der Waals surface area (Å²) in [6.45, 7) is 11.4. The molecular weight excluding hydrogens is 496 g/mol. The molecule has 0 spiro atoms. The lowest BCUT2D eigenvalue weighted by molar-refractivity contribution is -0.249. The molecule has 0 saturated heterocycles. The van der Waals surface area contributed by atoms with Crippen molar-refractivity contribution in [2.45, 2.75) is 90.3 Å². The number of anilines is 2. The zero-order valence-corrected chi connectivity index (χ0v) is 23.0. The summed E-state index contributed by atoms with van der Waals surface area (Å²) in [5, 5.41) is 0. The van der Waals surface area contributed by atoms with Gasteiger partial charge in [0, 0.05) is 17.8 Å². The van der Waals surface area contributed by atoms with Crippen LogP contribution in [0.15, 0.2) is 42.6 Å². The Hall–Kier alpha value is -2.74. The van der Waals surface area contributed by atoms with Gasteiger partial charge in [-0.25, -0.2) is 4.39 Å². The van der Waals surface area contributed by atoms with Gasteiger partial charge in [0.15, 0.2) is 12.5 Å². The summed E-state index contributed by atoms with van der Waals surface area (Å²) >= 11 is 0. The van der Waals surface area contributed by atoms with Gasteiger partial charge in [0.25, 0.3) is 0 Å². The van der Waals surface area contributed by atoms with Crippen LogP contribution in [0.3, 0.4) is 0 Å². The van der Waals surface area contributed by atoms with Crippen LogP contribution in [-0.2, 0) is 4.74 Å². The molecule has 1 saturated carbocycles. The van der Waals surface area contributed by atoms with Crippen molar-refractivity contribution in [3.8, 4) is 5.75 Å². The Morgan fingerprint density at radius 2 is 1.84 bits per heavy atom. The van der Waals surface area contributed by atoms with Gasteiger partial charge in [0.1, 0.15) is 5.75 Å². The second-order valence-electron chi connectivity index (χ2n) is 10.2. The van der Waals surface area contributed by atoms with Crippen molar-refractivity contribution in [1.29, 1.82) is 0 Å². The molecule has 8 heteroatoms. The first-order valence-electron chi connectivity index (χ1n) is 13.2. The maximum absolute atomic E-state index is 14.1. The lowest BCUT2D eigenvalue weighted by atomic mass is 9.88. The number of methoxy groups -OCH3 is 1. The van der Waals surface area contributed by atoms with E-state index in [9.17, 15) is 17.6 Å². The van der Waals surface area contributed by atoms with E-state index in [1.54, 1.807) is 25.0 Å². The lowest BCUT2D eigenvalue weighted by Crippen LogP contribution is -2.31. The Labute approximate surface area is 223 Å². The van der Waals surface area contributed by atoms with Gasteiger partial charge in [-0.3, -0.25) is 0 Å². The number of allylic oxidation sites excluding steroid dienone is 1. The van der Waals surface area contributed by atoms with Gasteiger partial charge in [-0.2, -0.15) is 13.2 Å². The number of rotatable bonds is 13. The van der Waals surface area contributed by atoms with Crippen molar-refractivity contribution in [2.24, 2.45) is 0 Å². The summed E-state index contributed by atoms with van der Waals surface area (Å²) in [5.41, 5.74) is 10.6. The number of benzene rings is 2. The van der Waals surface area contributed by atoms with Crippen molar-refractivity contribution in [3.63, 3.8) is 0 Å². The Morgan fingerprint density at radius 1 is 1.18 bits per heavy atom. The molecule has 1 aliphatic carbocycles. The molecule has 0 heterocycles. The molecule has 2 N–H and O–H groups in total. The van der Waals surface area contributed by atoms with E-state index in [0.29, 0.717) is 18.7 Å². The molecule has 1 fully saturated rings. The van der Waals surface area contributed by atoms with E-state index in [-0.39, 0.29) is 28.8 Å². The standard InChI is InChI=1S/C30H40F4N2O2/c1-7-21(24-13-12-23(37-6)17-19(24)4)9-8-16-36(18(2)3)28-26(29(30(32,33)34)38-20(5)31)15-14-25(27(28)35)22-10-11-22/h12-15,17,20-22,29H,2,7-11,16,35H2,1,3-6H3. The Kier molecular flexibility index (Phi) is 9.74. The average molecular weight is 537 g/mol. The lowest BCUT2D eigenvalue weighted by Gasteiger charge is -2.33. The van der Waals surface area contributed by atoms with Gasteiger partial charge in [0.05, 0.1) is 18.5 Å². The summed E-state index contributed by atoms with van der Waals surface area (Å²) in [6, 6.07) is 9.07. The van der Waals surface area contributed by atoms with Gasteiger partial charge in [0.2, 0.25) is 0 Å². The summed E-state index contributed by atoms with van der Waals surface area (Å²) in [5.74, 6) is 1.31. The molecule has 0 radical (unpaired) electrons. The third-order valence-corrected chi connectivity index (χ3v) is 7.28. The van der Waals surface area contributed by atoms with Crippen molar-refractivity contribution in [3.05, 3.63) is 64.9 Å². The Morgan fingerprint density at radius 3 is 2.34 bits per heavy atom. The molecule has 2 aromatic carbocycles. The molecule has 0 amide bonds. The molecule has 4 nitrogen and oxygen atoms in total. The van der Waals surface area contributed by atoms with E-state index >= 15 is 0 Å². The second kappa shape index (κ2) is 12.4. The number of nitrogen functional groups attached to an aromatic ring is 1. The molecule has 38 heavy (non-hydrogen) atoms. The smallest absolute Gasteiger partial charge is 0.419 e. The third-order valence-electron chi connectivity index (χ3n) is 7.28. The van der Waals surface area contributed by atoms with Gasteiger partial charge < -0.3 is 20.1 Å². The minimum absolute atomic E-state index is 0.190. The van der Waals surface area contributed by atoms with Crippen LogP contribution in [0.2, 0.25) is 0 Å². The van der Waals surface area contributed by atoms with Gasteiger partial charge in [-0.15, -0.1) is 0 Å². The fraction of sp³-hybridized carbons (Fsp3) is 0.533. The van der Waals surface area contributed by atoms with Crippen LogP contribution in [0.4, 0.5) is 28.9 Å². The Bertz CT molecular complexity index is 1110. The van der Waals surface area contributed by atoms with E-state index in [2.05, 4.69) is 26.5 Å². The number of hydrogen-bond acceptors (Lipinski definition) is 4. The van der Waals surface area contributed by atoms with E-state index in [1.165, 1.54) is 11.6 Å². The SMILES string of the molecule is C=C(C)N(CCCC(CC)c1ccc(OC)cc1C)c1c(C(OC(C)F)C(F)(F)F)ccc(C2CC2)c1N. The van der Waals surface area contributed by atoms with E-state index in [4.69, 9.17) is 15.2 Å². The van der Waals surface area contributed by atoms with Crippen molar-refractivity contribution in [2.75, 3.05) is 24.3 Å².